The van der Waals surface area contributed by atoms with Crippen molar-refractivity contribution in [3.8, 4) is 11.8 Å². The Labute approximate surface area is 173 Å². The molecule has 3 heterocycles. The van der Waals surface area contributed by atoms with E-state index in [0.29, 0.717) is 36.0 Å². The summed E-state index contributed by atoms with van der Waals surface area (Å²) in [4.78, 5) is 19.0. The van der Waals surface area contributed by atoms with Crippen molar-refractivity contribution in [1.82, 2.24) is 4.98 Å². The van der Waals surface area contributed by atoms with E-state index in [1.807, 2.05) is 12.1 Å². The lowest BCUT2D eigenvalue weighted by Gasteiger charge is -2.27. The Morgan fingerprint density at radius 1 is 1.13 bits per heavy atom. The standard InChI is InChI=1S/C22H20N4O4/c23-13-16-1-4-18(5-2-16)29-15-19-6-7-20(30-19)22(27)25-17-3-8-21(24-14-17)26-9-11-28-12-10-26/h1-8,14H,9-12,15H2,(H,25,27). The molecule has 2 aromatic heterocycles. The Morgan fingerprint density at radius 2 is 1.93 bits per heavy atom. The highest BCUT2D eigenvalue weighted by atomic mass is 16.5. The first-order chi connectivity index (χ1) is 14.7. The lowest BCUT2D eigenvalue weighted by Crippen LogP contribution is -2.36. The van der Waals surface area contributed by atoms with Crippen molar-refractivity contribution >= 4 is 17.4 Å². The molecule has 0 aliphatic carbocycles. The number of morpholine rings is 1. The molecule has 30 heavy (non-hydrogen) atoms. The molecule has 1 fully saturated rings. The molecule has 1 amide bonds. The molecule has 1 aromatic carbocycles. The van der Waals surface area contributed by atoms with Gasteiger partial charge in [-0.2, -0.15) is 5.26 Å². The molecular formula is C22H20N4O4. The predicted molar refractivity (Wildman–Crippen MR) is 109 cm³/mol. The summed E-state index contributed by atoms with van der Waals surface area (Å²) in [6.07, 6.45) is 1.63. The van der Waals surface area contributed by atoms with Crippen LogP contribution in [0.3, 0.4) is 0 Å². The summed E-state index contributed by atoms with van der Waals surface area (Å²) >= 11 is 0. The van der Waals surface area contributed by atoms with E-state index in [1.165, 1.54) is 0 Å². The van der Waals surface area contributed by atoms with Crippen molar-refractivity contribution in [1.29, 1.82) is 5.26 Å². The van der Waals surface area contributed by atoms with Gasteiger partial charge in [0.15, 0.2) is 5.76 Å². The molecule has 0 unspecified atom stereocenters. The van der Waals surface area contributed by atoms with Gasteiger partial charge in [-0.1, -0.05) is 0 Å². The maximum absolute atomic E-state index is 12.4. The van der Waals surface area contributed by atoms with E-state index in [-0.39, 0.29) is 18.3 Å². The first kappa shape index (κ1) is 19.5. The van der Waals surface area contributed by atoms with Gasteiger partial charge >= 0.3 is 0 Å². The third-order valence-electron chi connectivity index (χ3n) is 4.59. The van der Waals surface area contributed by atoms with Crippen LogP contribution < -0.4 is 15.0 Å². The van der Waals surface area contributed by atoms with Crippen molar-refractivity contribution in [2.24, 2.45) is 0 Å². The van der Waals surface area contributed by atoms with Crippen LogP contribution in [0.15, 0.2) is 59.1 Å². The molecule has 0 radical (unpaired) electrons. The number of nitrogens with one attached hydrogen (secondary N) is 1. The van der Waals surface area contributed by atoms with Gasteiger partial charge in [0.05, 0.1) is 36.7 Å². The Morgan fingerprint density at radius 3 is 2.63 bits per heavy atom. The van der Waals surface area contributed by atoms with Gasteiger partial charge < -0.3 is 24.1 Å². The molecule has 1 N–H and O–H groups in total. The molecular weight excluding hydrogens is 384 g/mol. The third-order valence-corrected chi connectivity index (χ3v) is 4.59. The van der Waals surface area contributed by atoms with Gasteiger partial charge in [0, 0.05) is 13.1 Å². The summed E-state index contributed by atoms with van der Waals surface area (Å²) in [5, 5.41) is 11.6. The summed E-state index contributed by atoms with van der Waals surface area (Å²) in [7, 11) is 0. The highest BCUT2D eigenvalue weighted by Gasteiger charge is 2.14. The second-order valence-corrected chi connectivity index (χ2v) is 6.65. The van der Waals surface area contributed by atoms with E-state index in [9.17, 15) is 4.79 Å². The van der Waals surface area contributed by atoms with E-state index >= 15 is 0 Å². The fourth-order valence-electron chi connectivity index (χ4n) is 2.99. The van der Waals surface area contributed by atoms with Gasteiger partial charge in [-0.25, -0.2) is 4.98 Å². The van der Waals surface area contributed by atoms with E-state index in [0.717, 1.165) is 18.9 Å². The minimum Gasteiger partial charge on any atom is -0.486 e. The summed E-state index contributed by atoms with van der Waals surface area (Å²) in [5.74, 6) is 1.82. The van der Waals surface area contributed by atoms with Crippen LogP contribution in [0.1, 0.15) is 21.9 Å². The van der Waals surface area contributed by atoms with Crippen molar-refractivity contribution in [3.05, 3.63) is 71.8 Å². The number of anilines is 2. The normalized spacial score (nSPS) is 13.5. The average molecular weight is 404 g/mol. The largest absolute Gasteiger partial charge is 0.486 e. The molecule has 1 aliphatic rings. The molecule has 0 bridgehead atoms. The molecule has 8 heteroatoms. The van der Waals surface area contributed by atoms with Gasteiger partial charge in [0.2, 0.25) is 0 Å². The first-order valence-corrected chi connectivity index (χ1v) is 9.53. The minimum absolute atomic E-state index is 0.176. The number of hydrogen-bond donors (Lipinski definition) is 1. The monoisotopic (exact) mass is 404 g/mol. The first-order valence-electron chi connectivity index (χ1n) is 9.53. The lowest BCUT2D eigenvalue weighted by atomic mass is 10.2. The molecule has 4 rings (SSSR count). The van der Waals surface area contributed by atoms with Crippen molar-refractivity contribution < 1.29 is 18.7 Å². The van der Waals surface area contributed by atoms with Crippen LogP contribution in [-0.2, 0) is 11.3 Å². The van der Waals surface area contributed by atoms with E-state index in [2.05, 4.69) is 21.3 Å². The fraction of sp³-hybridized carbons (Fsp3) is 0.227. The number of amides is 1. The molecule has 152 valence electrons. The summed E-state index contributed by atoms with van der Waals surface area (Å²) in [6.45, 7) is 3.16. The van der Waals surface area contributed by atoms with Gasteiger partial charge in [0.1, 0.15) is 23.9 Å². The van der Waals surface area contributed by atoms with Crippen LogP contribution in [0.5, 0.6) is 5.75 Å². The van der Waals surface area contributed by atoms with Crippen LogP contribution in [0.4, 0.5) is 11.5 Å². The third kappa shape index (κ3) is 4.77. The number of nitriles is 1. The zero-order chi connectivity index (χ0) is 20.8. The minimum atomic E-state index is -0.361. The number of ether oxygens (including phenoxy) is 2. The topological polar surface area (TPSA) is 101 Å². The van der Waals surface area contributed by atoms with Crippen molar-refractivity contribution in [3.63, 3.8) is 0 Å². The Hall–Kier alpha value is -3.83. The molecule has 1 saturated heterocycles. The highest BCUT2D eigenvalue weighted by Crippen LogP contribution is 2.18. The number of aromatic nitrogens is 1. The maximum atomic E-state index is 12.4. The van der Waals surface area contributed by atoms with Crippen LogP contribution in [0, 0.1) is 11.3 Å². The number of benzene rings is 1. The zero-order valence-corrected chi connectivity index (χ0v) is 16.2. The number of rotatable bonds is 6. The van der Waals surface area contributed by atoms with Crippen LogP contribution in [0.2, 0.25) is 0 Å². The van der Waals surface area contributed by atoms with Gasteiger partial charge in [-0.05, 0) is 48.5 Å². The Bertz CT molecular complexity index is 1030. The average Bonchev–Trinajstić information content (AvgIpc) is 3.28. The summed E-state index contributed by atoms with van der Waals surface area (Å²) in [5.41, 5.74) is 1.15. The van der Waals surface area contributed by atoms with Crippen LogP contribution >= 0.6 is 0 Å². The highest BCUT2D eigenvalue weighted by molar-refractivity contribution is 6.02. The van der Waals surface area contributed by atoms with Crippen molar-refractivity contribution in [2.75, 3.05) is 36.5 Å². The zero-order valence-electron chi connectivity index (χ0n) is 16.2. The number of pyridine rings is 1. The van der Waals surface area contributed by atoms with Crippen LogP contribution in [0.25, 0.3) is 0 Å². The molecule has 0 spiro atoms. The van der Waals surface area contributed by atoms with Gasteiger partial charge in [-0.3, -0.25) is 4.79 Å². The molecule has 3 aromatic rings. The number of carbonyl (C=O) groups is 1. The van der Waals surface area contributed by atoms with Crippen LogP contribution in [-0.4, -0.2) is 37.2 Å². The quantitative estimate of drug-likeness (QED) is 0.673. The Balaban J connectivity index is 1.31. The van der Waals surface area contributed by atoms with Crippen molar-refractivity contribution in [2.45, 2.75) is 6.61 Å². The molecule has 0 atom stereocenters. The summed E-state index contributed by atoms with van der Waals surface area (Å²) < 4.78 is 16.5. The number of carbonyl (C=O) groups excluding carboxylic acids is 1. The van der Waals surface area contributed by atoms with E-state index in [4.69, 9.17) is 19.2 Å². The summed E-state index contributed by atoms with van der Waals surface area (Å²) in [6, 6.07) is 15.8. The second kappa shape index (κ2) is 9.11. The van der Waals surface area contributed by atoms with Gasteiger partial charge in [-0.15, -0.1) is 0 Å². The number of nitrogens with zero attached hydrogens (tertiary/aromatic N) is 3. The second-order valence-electron chi connectivity index (χ2n) is 6.65. The SMILES string of the molecule is N#Cc1ccc(OCc2ccc(C(=O)Nc3ccc(N4CCOCC4)nc3)o2)cc1. The lowest BCUT2D eigenvalue weighted by molar-refractivity contribution is 0.0992. The smallest absolute Gasteiger partial charge is 0.291 e. The molecule has 1 aliphatic heterocycles. The number of hydrogen-bond acceptors (Lipinski definition) is 7. The molecule has 0 saturated carbocycles. The van der Waals surface area contributed by atoms with E-state index in [1.54, 1.807) is 42.6 Å². The maximum Gasteiger partial charge on any atom is 0.291 e. The van der Waals surface area contributed by atoms with E-state index < -0.39 is 0 Å². The fourth-order valence-corrected chi connectivity index (χ4v) is 2.99. The Kier molecular flexibility index (Phi) is 5.92. The van der Waals surface area contributed by atoms with Gasteiger partial charge in [0.25, 0.3) is 5.91 Å². The number of furan rings is 1. The predicted octanol–water partition coefficient (Wildman–Crippen LogP) is 3.21. The molecule has 8 nitrogen and oxygen atoms in total.